The lowest BCUT2D eigenvalue weighted by Crippen LogP contribution is -2.41. The van der Waals surface area contributed by atoms with E-state index in [9.17, 15) is 9.59 Å². The van der Waals surface area contributed by atoms with Crippen LogP contribution in [0.5, 0.6) is 5.75 Å². The fraction of sp³-hybridized carbons (Fsp3) is 0.304. The Kier molecular flexibility index (Phi) is 5.15. The second-order valence-corrected chi connectivity index (χ2v) is 7.52. The maximum atomic E-state index is 12.5. The van der Waals surface area contributed by atoms with Crippen molar-refractivity contribution in [2.24, 2.45) is 5.92 Å². The number of fused-ring (bicyclic) bond motifs is 1. The van der Waals surface area contributed by atoms with Gasteiger partial charge in [-0.15, -0.1) is 0 Å². The molecule has 1 heterocycles. The Hall–Kier alpha value is -3.08. The van der Waals surface area contributed by atoms with Gasteiger partial charge in [-0.2, -0.15) is 0 Å². The van der Waals surface area contributed by atoms with Gasteiger partial charge in [0, 0.05) is 11.6 Å². The van der Waals surface area contributed by atoms with Crippen LogP contribution >= 0.6 is 0 Å². The number of carbonyl (C=O) groups is 2. The molecule has 4 rings (SSSR count). The molecular weight excluding hydrogens is 352 g/mol. The quantitative estimate of drug-likeness (QED) is 0.782. The van der Waals surface area contributed by atoms with E-state index in [1.165, 1.54) is 19.3 Å². The van der Waals surface area contributed by atoms with Gasteiger partial charge in [0.1, 0.15) is 0 Å². The molecule has 1 saturated carbocycles. The fourth-order valence-corrected chi connectivity index (χ4v) is 3.77. The summed E-state index contributed by atoms with van der Waals surface area (Å²) in [5.41, 5.74) is 2.08. The summed E-state index contributed by atoms with van der Waals surface area (Å²) < 4.78 is 5.71. The maximum absolute atomic E-state index is 12.5. The van der Waals surface area contributed by atoms with Gasteiger partial charge < -0.3 is 15.4 Å². The van der Waals surface area contributed by atoms with Crippen LogP contribution in [0.4, 0.5) is 5.69 Å². The molecule has 2 aromatic rings. The normalized spacial score (nSPS) is 22.8. The van der Waals surface area contributed by atoms with Gasteiger partial charge in [0.05, 0.1) is 5.69 Å². The molecule has 2 amide bonds. The van der Waals surface area contributed by atoms with Crippen molar-refractivity contribution in [2.75, 3.05) is 5.32 Å². The maximum Gasteiger partial charge on any atom is 0.291 e. The van der Waals surface area contributed by atoms with E-state index in [-0.39, 0.29) is 23.6 Å². The van der Waals surface area contributed by atoms with Crippen LogP contribution in [0, 0.1) is 5.92 Å². The van der Waals surface area contributed by atoms with Crippen molar-refractivity contribution in [1.29, 1.82) is 0 Å². The molecule has 0 radical (unpaired) electrons. The van der Waals surface area contributed by atoms with Gasteiger partial charge >= 0.3 is 0 Å². The zero-order valence-corrected chi connectivity index (χ0v) is 15.9. The summed E-state index contributed by atoms with van der Waals surface area (Å²) in [5, 5.41) is 5.97. The summed E-state index contributed by atoms with van der Waals surface area (Å²) in [4.78, 5) is 24.8. The van der Waals surface area contributed by atoms with E-state index in [2.05, 4.69) is 17.6 Å². The summed E-state index contributed by atoms with van der Waals surface area (Å²) >= 11 is 0. The van der Waals surface area contributed by atoms with Crippen molar-refractivity contribution < 1.29 is 14.3 Å². The van der Waals surface area contributed by atoms with Crippen molar-refractivity contribution in [3.05, 3.63) is 65.4 Å². The van der Waals surface area contributed by atoms with Crippen molar-refractivity contribution in [2.45, 2.75) is 38.6 Å². The van der Waals surface area contributed by atoms with Crippen LogP contribution in [0.3, 0.4) is 0 Å². The van der Waals surface area contributed by atoms with Gasteiger partial charge in [0.25, 0.3) is 11.8 Å². The number of rotatable bonds is 3. The first kappa shape index (κ1) is 18.3. The molecule has 0 spiro atoms. The molecule has 2 aliphatic rings. The Morgan fingerprint density at radius 3 is 2.64 bits per heavy atom. The standard InChI is InChI=1S/C23H24N2O3/c1-15-6-2-3-7-18(15)24-22(26)17-12-10-16(11-13-17)14-21-23(27)25-19-8-4-5-9-20(19)28-21/h4-5,8-15,18H,2-3,6-7H2,1H3,(H,24,26)(H,25,27)/b21-14+/t15-,18+/m0/s1. The van der Waals surface area contributed by atoms with E-state index in [4.69, 9.17) is 4.74 Å². The first-order chi connectivity index (χ1) is 13.6. The largest absolute Gasteiger partial charge is 0.449 e. The lowest BCUT2D eigenvalue weighted by Gasteiger charge is -2.29. The SMILES string of the molecule is C[C@H]1CCCC[C@H]1NC(=O)c1ccc(/C=C2/Oc3ccccc3NC2=O)cc1. The monoisotopic (exact) mass is 376 g/mol. The number of anilines is 1. The van der Waals surface area contributed by atoms with Crippen molar-refractivity contribution in [1.82, 2.24) is 5.32 Å². The second kappa shape index (κ2) is 7.89. The number of para-hydroxylation sites is 2. The summed E-state index contributed by atoms with van der Waals surface area (Å²) in [6.45, 7) is 2.20. The Balaban J connectivity index is 1.45. The first-order valence-corrected chi connectivity index (χ1v) is 9.81. The minimum absolute atomic E-state index is 0.0430. The first-order valence-electron chi connectivity index (χ1n) is 9.81. The number of hydrogen-bond donors (Lipinski definition) is 2. The third-order valence-electron chi connectivity index (χ3n) is 5.48. The minimum atomic E-state index is -0.285. The molecule has 28 heavy (non-hydrogen) atoms. The van der Waals surface area contributed by atoms with Crippen LogP contribution in [-0.2, 0) is 4.79 Å². The van der Waals surface area contributed by atoms with Crippen LogP contribution < -0.4 is 15.4 Å². The minimum Gasteiger partial charge on any atom is -0.449 e. The van der Waals surface area contributed by atoms with E-state index in [1.54, 1.807) is 24.3 Å². The third-order valence-corrected chi connectivity index (χ3v) is 5.48. The predicted molar refractivity (Wildman–Crippen MR) is 109 cm³/mol. The van der Waals surface area contributed by atoms with E-state index >= 15 is 0 Å². The van der Waals surface area contributed by atoms with Crippen LogP contribution in [0.2, 0.25) is 0 Å². The molecule has 1 aliphatic carbocycles. The number of amides is 2. The third kappa shape index (κ3) is 3.93. The number of hydrogen-bond acceptors (Lipinski definition) is 3. The molecular formula is C23H24N2O3. The highest BCUT2D eigenvalue weighted by molar-refractivity contribution is 6.08. The van der Waals surface area contributed by atoms with Gasteiger partial charge in [-0.3, -0.25) is 9.59 Å². The average Bonchev–Trinajstić information content (AvgIpc) is 2.71. The Labute approximate surface area is 164 Å². The average molecular weight is 376 g/mol. The Morgan fingerprint density at radius 1 is 1.11 bits per heavy atom. The molecule has 2 aromatic carbocycles. The predicted octanol–water partition coefficient (Wildman–Crippen LogP) is 4.37. The van der Waals surface area contributed by atoms with E-state index in [1.807, 2.05) is 30.3 Å². The van der Waals surface area contributed by atoms with Crippen LogP contribution in [-0.4, -0.2) is 17.9 Å². The number of nitrogens with one attached hydrogen (secondary N) is 2. The van der Waals surface area contributed by atoms with Crippen LogP contribution in [0.25, 0.3) is 6.08 Å². The molecule has 144 valence electrons. The fourth-order valence-electron chi connectivity index (χ4n) is 3.77. The molecule has 0 aromatic heterocycles. The van der Waals surface area contributed by atoms with E-state index < -0.39 is 0 Å². The molecule has 2 N–H and O–H groups in total. The number of carbonyl (C=O) groups excluding carboxylic acids is 2. The Morgan fingerprint density at radius 2 is 1.86 bits per heavy atom. The topological polar surface area (TPSA) is 67.4 Å². The molecule has 5 heteroatoms. The molecule has 2 atom stereocenters. The number of ether oxygens (including phenoxy) is 1. The van der Waals surface area contributed by atoms with Crippen molar-refractivity contribution in [3.63, 3.8) is 0 Å². The Bertz CT molecular complexity index is 918. The zero-order valence-electron chi connectivity index (χ0n) is 15.9. The van der Waals surface area contributed by atoms with Gasteiger partial charge in [0.15, 0.2) is 11.5 Å². The summed E-state index contributed by atoms with van der Waals surface area (Å²) in [7, 11) is 0. The highest BCUT2D eigenvalue weighted by Gasteiger charge is 2.23. The molecule has 0 unspecified atom stereocenters. The van der Waals surface area contributed by atoms with Crippen LogP contribution in [0.15, 0.2) is 54.3 Å². The zero-order chi connectivity index (χ0) is 19.5. The van der Waals surface area contributed by atoms with Gasteiger partial charge in [-0.1, -0.05) is 44.0 Å². The van der Waals surface area contributed by atoms with Crippen LogP contribution in [0.1, 0.15) is 48.5 Å². The van der Waals surface area contributed by atoms with Gasteiger partial charge in [0.2, 0.25) is 0 Å². The van der Waals surface area contributed by atoms with Gasteiger partial charge in [-0.05, 0) is 54.7 Å². The highest BCUT2D eigenvalue weighted by Crippen LogP contribution is 2.30. The number of benzene rings is 2. The molecule has 0 bridgehead atoms. The van der Waals surface area contributed by atoms with Crippen molar-refractivity contribution in [3.8, 4) is 5.75 Å². The molecule has 0 saturated heterocycles. The molecule has 5 nitrogen and oxygen atoms in total. The second-order valence-electron chi connectivity index (χ2n) is 7.52. The molecule has 1 aliphatic heterocycles. The van der Waals surface area contributed by atoms with Gasteiger partial charge in [-0.25, -0.2) is 0 Å². The lowest BCUT2D eigenvalue weighted by molar-refractivity contribution is -0.115. The van der Waals surface area contributed by atoms with E-state index in [0.29, 0.717) is 22.9 Å². The summed E-state index contributed by atoms with van der Waals surface area (Å²) in [5.74, 6) is 1.04. The van der Waals surface area contributed by atoms with E-state index in [0.717, 1.165) is 12.0 Å². The summed E-state index contributed by atoms with van der Waals surface area (Å²) in [6.07, 6.45) is 6.31. The smallest absolute Gasteiger partial charge is 0.291 e. The lowest BCUT2D eigenvalue weighted by atomic mass is 9.86. The molecule has 1 fully saturated rings. The highest BCUT2D eigenvalue weighted by atomic mass is 16.5. The summed E-state index contributed by atoms with van der Waals surface area (Å²) in [6, 6.07) is 14.8. The van der Waals surface area contributed by atoms with Crippen molar-refractivity contribution >= 4 is 23.6 Å².